The SMILES string of the molecule is [CH2]CC(N)(CCCC)CCCC. The van der Waals surface area contributed by atoms with Gasteiger partial charge in [0.2, 0.25) is 0 Å². The maximum absolute atomic E-state index is 6.21. The maximum atomic E-state index is 6.21. The second-order valence-electron chi connectivity index (χ2n) is 3.82. The Labute approximate surface area is 77.7 Å². The quantitative estimate of drug-likeness (QED) is 0.623. The van der Waals surface area contributed by atoms with Crippen molar-refractivity contribution < 1.29 is 0 Å². The van der Waals surface area contributed by atoms with E-state index in [-0.39, 0.29) is 5.54 Å². The largest absolute Gasteiger partial charge is 0.325 e. The summed E-state index contributed by atoms with van der Waals surface area (Å²) in [6.07, 6.45) is 8.15. The minimum absolute atomic E-state index is 0.0338. The van der Waals surface area contributed by atoms with Crippen molar-refractivity contribution in [3.63, 3.8) is 0 Å². The molecule has 0 amide bonds. The van der Waals surface area contributed by atoms with Crippen LogP contribution >= 0.6 is 0 Å². The fourth-order valence-corrected chi connectivity index (χ4v) is 1.43. The summed E-state index contributed by atoms with van der Waals surface area (Å²) < 4.78 is 0. The van der Waals surface area contributed by atoms with E-state index in [9.17, 15) is 0 Å². The second-order valence-corrected chi connectivity index (χ2v) is 3.82. The van der Waals surface area contributed by atoms with Crippen LogP contribution in [-0.2, 0) is 0 Å². The lowest BCUT2D eigenvalue weighted by Gasteiger charge is -2.27. The third-order valence-electron chi connectivity index (χ3n) is 2.55. The summed E-state index contributed by atoms with van der Waals surface area (Å²) in [7, 11) is 0. The fourth-order valence-electron chi connectivity index (χ4n) is 1.43. The minimum Gasteiger partial charge on any atom is -0.325 e. The van der Waals surface area contributed by atoms with E-state index >= 15 is 0 Å². The molecule has 0 unspecified atom stereocenters. The molecular weight excluding hydrogens is 146 g/mol. The van der Waals surface area contributed by atoms with Crippen LogP contribution in [-0.4, -0.2) is 5.54 Å². The molecule has 12 heavy (non-hydrogen) atoms. The Morgan fingerprint density at radius 3 is 1.75 bits per heavy atom. The highest BCUT2D eigenvalue weighted by atomic mass is 14.7. The van der Waals surface area contributed by atoms with Crippen LogP contribution < -0.4 is 5.73 Å². The molecule has 0 fully saturated rings. The number of rotatable bonds is 7. The Bertz CT molecular complexity index is 91.2. The average molecular weight is 170 g/mol. The monoisotopic (exact) mass is 170 g/mol. The molecule has 2 N–H and O–H groups in total. The molecule has 0 saturated carbocycles. The van der Waals surface area contributed by atoms with Crippen LogP contribution in [0.4, 0.5) is 0 Å². The topological polar surface area (TPSA) is 26.0 Å². The molecule has 1 heteroatoms. The van der Waals surface area contributed by atoms with Gasteiger partial charge >= 0.3 is 0 Å². The van der Waals surface area contributed by atoms with Gasteiger partial charge in [-0.15, -0.1) is 0 Å². The highest BCUT2D eigenvalue weighted by Crippen LogP contribution is 2.21. The summed E-state index contributed by atoms with van der Waals surface area (Å²) >= 11 is 0. The average Bonchev–Trinajstić information content (AvgIpc) is 2.11. The zero-order chi connectivity index (χ0) is 9.45. The van der Waals surface area contributed by atoms with Gasteiger partial charge in [0.05, 0.1) is 0 Å². The first-order valence-electron chi connectivity index (χ1n) is 5.26. The third-order valence-corrected chi connectivity index (χ3v) is 2.55. The summed E-state index contributed by atoms with van der Waals surface area (Å²) in [5, 5.41) is 0. The summed E-state index contributed by atoms with van der Waals surface area (Å²) in [5.41, 5.74) is 6.24. The molecule has 73 valence electrons. The smallest absolute Gasteiger partial charge is 0.0154 e. The molecule has 1 nitrogen and oxygen atoms in total. The molecule has 1 radical (unpaired) electrons. The lowest BCUT2D eigenvalue weighted by Crippen LogP contribution is -2.38. The molecule has 0 aromatic heterocycles. The van der Waals surface area contributed by atoms with E-state index in [4.69, 9.17) is 5.73 Å². The molecule has 0 aromatic carbocycles. The van der Waals surface area contributed by atoms with Gasteiger partial charge in [-0.3, -0.25) is 0 Å². The lowest BCUT2D eigenvalue weighted by molar-refractivity contribution is 0.345. The van der Waals surface area contributed by atoms with E-state index in [1.54, 1.807) is 0 Å². The lowest BCUT2D eigenvalue weighted by atomic mass is 9.86. The Hall–Kier alpha value is -0.0400. The number of hydrogen-bond acceptors (Lipinski definition) is 1. The summed E-state index contributed by atoms with van der Waals surface area (Å²) in [5.74, 6) is 0. The van der Waals surface area contributed by atoms with Crippen LogP contribution in [0.15, 0.2) is 0 Å². The van der Waals surface area contributed by atoms with Crippen molar-refractivity contribution in [1.82, 2.24) is 0 Å². The second kappa shape index (κ2) is 6.47. The summed E-state index contributed by atoms with van der Waals surface area (Å²) in [6, 6.07) is 0. The van der Waals surface area contributed by atoms with E-state index < -0.39 is 0 Å². The minimum atomic E-state index is 0.0338. The van der Waals surface area contributed by atoms with Gasteiger partial charge in [0.25, 0.3) is 0 Å². The number of hydrogen-bond donors (Lipinski definition) is 1. The van der Waals surface area contributed by atoms with Crippen molar-refractivity contribution in [2.75, 3.05) is 0 Å². The van der Waals surface area contributed by atoms with E-state index in [0.29, 0.717) is 0 Å². The fraction of sp³-hybridized carbons (Fsp3) is 0.909. The molecule has 0 rings (SSSR count). The van der Waals surface area contributed by atoms with Gasteiger partial charge in [-0.25, -0.2) is 0 Å². The molecule has 0 bridgehead atoms. The Balaban J connectivity index is 3.70. The zero-order valence-corrected chi connectivity index (χ0v) is 8.73. The number of unbranched alkanes of at least 4 members (excludes halogenated alkanes) is 2. The van der Waals surface area contributed by atoms with E-state index in [1.807, 2.05) is 0 Å². The standard InChI is InChI=1S/C11H24N/c1-4-7-9-11(12,6-3)10-8-5-2/h3-10,12H2,1-2H3. The molecule has 0 saturated heterocycles. The van der Waals surface area contributed by atoms with Crippen LogP contribution in [0.1, 0.15) is 58.8 Å². The van der Waals surface area contributed by atoms with Gasteiger partial charge in [0.15, 0.2) is 0 Å². The van der Waals surface area contributed by atoms with Crippen LogP contribution in [0.2, 0.25) is 0 Å². The Kier molecular flexibility index (Phi) is 6.45. The number of nitrogens with two attached hydrogens (primary N) is 1. The van der Waals surface area contributed by atoms with Crippen molar-refractivity contribution in [1.29, 1.82) is 0 Å². The van der Waals surface area contributed by atoms with Gasteiger partial charge in [-0.2, -0.15) is 0 Å². The first-order valence-corrected chi connectivity index (χ1v) is 5.26. The van der Waals surface area contributed by atoms with Gasteiger partial charge in [0.1, 0.15) is 0 Å². The Morgan fingerprint density at radius 2 is 1.50 bits per heavy atom. The summed E-state index contributed by atoms with van der Waals surface area (Å²) in [4.78, 5) is 0. The van der Waals surface area contributed by atoms with E-state index in [2.05, 4.69) is 20.8 Å². The highest BCUT2D eigenvalue weighted by molar-refractivity contribution is 4.84. The van der Waals surface area contributed by atoms with E-state index in [0.717, 1.165) is 19.3 Å². The molecular formula is C11H24N. The molecule has 0 spiro atoms. The Morgan fingerprint density at radius 1 is 1.08 bits per heavy atom. The molecule has 0 atom stereocenters. The normalized spacial score (nSPS) is 12.0. The molecule has 0 aromatic rings. The third kappa shape index (κ3) is 4.76. The van der Waals surface area contributed by atoms with Gasteiger partial charge in [-0.05, 0) is 19.3 Å². The van der Waals surface area contributed by atoms with Crippen molar-refractivity contribution >= 4 is 0 Å². The van der Waals surface area contributed by atoms with Crippen LogP contribution in [0.25, 0.3) is 0 Å². The first-order chi connectivity index (χ1) is 5.68. The molecule has 0 heterocycles. The van der Waals surface area contributed by atoms with Gasteiger partial charge < -0.3 is 5.73 Å². The first kappa shape index (κ1) is 12.0. The zero-order valence-electron chi connectivity index (χ0n) is 8.73. The maximum Gasteiger partial charge on any atom is 0.0154 e. The van der Waals surface area contributed by atoms with Crippen molar-refractivity contribution in [2.24, 2.45) is 5.73 Å². The molecule has 0 aliphatic carbocycles. The van der Waals surface area contributed by atoms with Crippen LogP contribution in [0.3, 0.4) is 0 Å². The summed E-state index contributed by atoms with van der Waals surface area (Å²) in [6.45, 7) is 8.36. The van der Waals surface area contributed by atoms with Gasteiger partial charge in [-0.1, -0.05) is 46.5 Å². The van der Waals surface area contributed by atoms with E-state index in [1.165, 1.54) is 25.7 Å². The van der Waals surface area contributed by atoms with Crippen LogP contribution in [0, 0.1) is 6.92 Å². The highest BCUT2D eigenvalue weighted by Gasteiger charge is 2.20. The van der Waals surface area contributed by atoms with Crippen molar-refractivity contribution in [2.45, 2.75) is 64.3 Å². The predicted octanol–water partition coefficient (Wildman–Crippen LogP) is 3.29. The predicted molar refractivity (Wildman–Crippen MR) is 55.9 cm³/mol. The van der Waals surface area contributed by atoms with Crippen molar-refractivity contribution in [3.05, 3.63) is 6.92 Å². The molecule has 0 aliphatic heterocycles. The molecule has 0 aliphatic rings. The van der Waals surface area contributed by atoms with Gasteiger partial charge in [0, 0.05) is 5.54 Å². The van der Waals surface area contributed by atoms with Crippen molar-refractivity contribution in [3.8, 4) is 0 Å². The van der Waals surface area contributed by atoms with Crippen LogP contribution in [0.5, 0.6) is 0 Å².